The molecule has 0 unspecified atom stereocenters. The third-order valence-electron chi connectivity index (χ3n) is 4.17. The Morgan fingerprint density at radius 3 is 2.50 bits per heavy atom. The maximum absolute atomic E-state index is 10.1. The largest absolute Gasteiger partial charge is 0.394 e. The average Bonchev–Trinajstić information content (AvgIpc) is 3.09. The lowest BCUT2D eigenvalue weighted by Gasteiger charge is -2.17. The van der Waals surface area contributed by atoms with Crippen molar-refractivity contribution < 1.29 is 20.1 Å². The lowest BCUT2D eigenvalue weighted by molar-refractivity contribution is -0.0518. The normalized spacial score (nSPS) is 26.8. The van der Waals surface area contributed by atoms with Crippen molar-refractivity contribution in [3.05, 3.63) is 53.8 Å². The van der Waals surface area contributed by atoms with Crippen molar-refractivity contribution in [2.45, 2.75) is 31.1 Å². The molecule has 24 heavy (non-hydrogen) atoms. The molecule has 3 rings (SSSR count). The molecule has 1 aromatic carbocycles. The van der Waals surface area contributed by atoms with E-state index in [1.807, 2.05) is 24.3 Å². The van der Waals surface area contributed by atoms with Crippen molar-refractivity contribution in [3.63, 3.8) is 0 Å². The van der Waals surface area contributed by atoms with E-state index in [2.05, 4.69) is 4.98 Å². The molecule has 8 heteroatoms. The van der Waals surface area contributed by atoms with Crippen molar-refractivity contribution in [1.82, 2.24) is 9.55 Å². The van der Waals surface area contributed by atoms with Crippen molar-refractivity contribution >= 4 is 5.82 Å². The van der Waals surface area contributed by atoms with Gasteiger partial charge in [-0.15, -0.1) is 0 Å². The standard InChI is InChI=1S/C16H21N4O4/c17-6-10-3-1-9(2-4-10)5-11-15(18)20(8-19-11)16-14(23)13(22)12(7-21)24-16/h1-5,8,12-14,16,21-23H,6-7,17-18H2/t12-,13-,14-,16-/m1/s1. The van der Waals surface area contributed by atoms with E-state index in [-0.39, 0.29) is 0 Å². The first-order valence-electron chi connectivity index (χ1n) is 7.63. The summed E-state index contributed by atoms with van der Waals surface area (Å²) in [4.78, 5) is 4.23. The quantitative estimate of drug-likeness (QED) is 0.479. The van der Waals surface area contributed by atoms with Crippen LogP contribution >= 0.6 is 0 Å². The summed E-state index contributed by atoms with van der Waals surface area (Å²) in [5.74, 6) is 0.299. The van der Waals surface area contributed by atoms with Crippen LogP contribution in [0, 0.1) is 6.42 Å². The Morgan fingerprint density at radius 1 is 1.21 bits per heavy atom. The molecule has 1 saturated heterocycles. The predicted molar refractivity (Wildman–Crippen MR) is 86.5 cm³/mol. The van der Waals surface area contributed by atoms with Gasteiger partial charge in [0.25, 0.3) is 0 Å². The Morgan fingerprint density at radius 2 is 1.92 bits per heavy atom. The number of nitrogens with zero attached hydrogens (tertiary/aromatic N) is 2. The molecular formula is C16H21N4O4. The van der Waals surface area contributed by atoms with Gasteiger partial charge in [-0.2, -0.15) is 0 Å². The van der Waals surface area contributed by atoms with E-state index in [9.17, 15) is 10.2 Å². The van der Waals surface area contributed by atoms with Crippen LogP contribution in [0.25, 0.3) is 0 Å². The first-order chi connectivity index (χ1) is 11.5. The van der Waals surface area contributed by atoms with Gasteiger partial charge in [-0.3, -0.25) is 4.57 Å². The third-order valence-corrected chi connectivity index (χ3v) is 4.17. The second-order valence-electron chi connectivity index (χ2n) is 5.74. The smallest absolute Gasteiger partial charge is 0.165 e. The molecule has 1 aliphatic heterocycles. The number of anilines is 1. The number of hydrogen-bond donors (Lipinski definition) is 5. The summed E-state index contributed by atoms with van der Waals surface area (Å²) in [5, 5.41) is 29.1. The first kappa shape index (κ1) is 16.9. The number of imidazole rings is 1. The summed E-state index contributed by atoms with van der Waals surface area (Å²) in [7, 11) is 0. The molecule has 2 heterocycles. The van der Waals surface area contributed by atoms with Gasteiger partial charge in [-0.05, 0) is 11.1 Å². The van der Waals surface area contributed by atoms with Gasteiger partial charge >= 0.3 is 0 Å². The van der Waals surface area contributed by atoms with Crippen molar-refractivity contribution in [1.29, 1.82) is 0 Å². The number of aliphatic hydroxyl groups is 3. The van der Waals surface area contributed by atoms with Crippen LogP contribution in [0.1, 0.15) is 23.0 Å². The van der Waals surface area contributed by atoms with Gasteiger partial charge in [-0.25, -0.2) is 4.98 Å². The van der Waals surface area contributed by atoms with Crippen molar-refractivity contribution in [2.75, 3.05) is 12.3 Å². The minimum atomic E-state index is -1.20. The summed E-state index contributed by atoms with van der Waals surface area (Å²) in [6, 6.07) is 7.66. The van der Waals surface area contributed by atoms with E-state index in [0.29, 0.717) is 18.1 Å². The van der Waals surface area contributed by atoms with Gasteiger partial charge in [0, 0.05) is 13.0 Å². The summed E-state index contributed by atoms with van der Waals surface area (Å²) in [5.41, 5.74) is 14.1. The van der Waals surface area contributed by atoms with E-state index < -0.39 is 31.1 Å². The topological polar surface area (TPSA) is 140 Å². The van der Waals surface area contributed by atoms with Crippen LogP contribution in [-0.2, 0) is 11.3 Å². The summed E-state index contributed by atoms with van der Waals surface area (Å²) < 4.78 is 6.91. The number of rotatable bonds is 5. The summed E-state index contributed by atoms with van der Waals surface area (Å²) >= 11 is 0. The molecule has 2 aromatic rings. The lowest BCUT2D eigenvalue weighted by atomic mass is 10.1. The Labute approximate surface area is 139 Å². The lowest BCUT2D eigenvalue weighted by Crippen LogP contribution is -2.33. The van der Waals surface area contributed by atoms with Crippen LogP contribution in [0.3, 0.4) is 0 Å². The summed E-state index contributed by atoms with van der Waals surface area (Å²) in [6.07, 6.45) is -0.897. The Hall–Kier alpha value is -1.97. The van der Waals surface area contributed by atoms with Gasteiger partial charge in [0.05, 0.1) is 18.6 Å². The van der Waals surface area contributed by atoms with E-state index >= 15 is 0 Å². The number of hydrogen-bond acceptors (Lipinski definition) is 7. The fourth-order valence-electron chi connectivity index (χ4n) is 2.72. The van der Waals surface area contributed by atoms with Crippen molar-refractivity contribution in [2.24, 2.45) is 5.73 Å². The zero-order valence-electron chi connectivity index (χ0n) is 13.0. The summed E-state index contributed by atoms with van der Waals surface area (Å²) in [6.45, 7) is 0.0815. The van der Waals surface area contributed by atoms with Gasteiger partial charge in [0.1, 0.15) is 24.1 Å². The van der Waals surface area contributed by atoms with Crippen LogP contribution < -0.4 is 11.5 Å². The molecule has 1 aliphatic rings. The van der Waals surface area contributed by atoms with Gasteiger partial charge in [0.2, 0.25) is 0 Å². The number of ether oxygens (including phenoxy) is 1. The average molecular weight is 333 g/mol. The fraction of sp³-hybridized carbons (Fsp3) is 0.375. The van der Waals surface area contributed by atoms with Gasteiger partial charge < -0.3 is 31.5 Å². The molecule has 0 spiro atoms. The monoisotopic (exact) mass is 333 g/mol. The number of nitrogens with two attached hydrogens (primary N) is 2. The van der Waals surface area contributed by atoms with Crippen LogP contribution in [-0.4, -0.2) is 49.8 Å². The Kier molecular flexibility index (Phi) is 4.83. The number of aromatic nitrogens is 2. The number of nitrogen functional groups attached to an aromatic ring is 1. The zero-order valence-corrected chi connectivity index (χ0v) is 13.0. The minimum Gasteiger partial charge on any atom is -0.394 e. The SMILES string of the molecule is NCc1ccc([CH]c2ncn([C@@H]3O[C@H](CO)[C@@H](O)[C@H]3O)c2N)cc1. The molecule has 0 amide bonds. The molecule has 0 aliphatic carbocycles. The Balaban J connectivity index is 1.78. The molecule has 1 fully saturated rings. The van der Waals surface area contributed by atoms with E-state index in [1.54, 1.807) is 6.42 Å². The third kappa shape index (κ3) is 3.02. The molecule has 0 bridgehead atoms. The molecule has 7 N–H and O–H groups in total. The van der Waals surface area contributed by atoms with Gasteiger partial charge in [0.15, 0.2) is 6.23 Å². The van der Waals surface area contributed by atoms with Crippen LogP contribution in [0.5, 0.6) is 0 Å². The minimum absolute atomic E-state index is 0.299. The molecule has 4 atom stereocenters. The Bertz CT molecular complexity index is 688. The second-order valence-corrected chi connectivity index (χ2v) is 5.74. The molecule has 1 radical (unpaired) electrons. The highest BCUT2D eigenvalue weighted by molar-refractivity contribution is 5.47. The maximum atomic E-state index is 10.1. The van der Waals surface area contributed by atoms with E-state index in [4.69, 9.17) is 21.3 Å². The van der Waals surface area contributed by atoms with Crippen LogP contribution in [0.4, 0.5) is 5.82 Å². The number of benzene rings is 1. The molecular weight excluding hydrogens is 312 g/mol. The van der Waals surface area contributed by atoms with Crippen molar-refractivity contribution in [3.8, 4) is 0 Å². The van der Waals surface area contributed by atoms with Crippen LogP contribution in [0.2, 0.25) is 0 Å². The van der Waals surface area contributed by atoms with Gasteiger partial charge in [-0.1, -0.05) is 24.3 Å². The highest BCUT2D eigenvalue weighted by atomic mass is 16.6. The van der Waals surface area contributed by atoms with E-state index in [0.717, 1.165) is 11.1 Å². The highest BCUT2D eigenvalue weighted by Gasteiger charge is 2.44. The van der Waals surface area contributed by atoms with Crippen LogP contribution in [0.15, 0.2) is 30.6 Å². The zero-order chi connectivity index (χ0) is 17.3. The molecule has 0 saturated carbocycles. The second kappa shape index (κ2) is 6.88. The van der Waals surface area contributed by atoms with E-state index in [1.165, 1.54) is 10.9 Å². The first-order valence-corrected chi connectivity index (χ1v) is 7.63. The maximum Gasteiger partial charge on any atom is 0.165 e. The molecule has 8 nitrogen and oxygen atoms in total. The predicted octanol–water partition coefficient (Wildman–Crippen LogP) is -0.864. The highest BCUT2D eigenvalue weighted by Crippen LogP contribution is 2.32. The molecule has 129 valence electrons. The number of aliphatic hydroxyl groups excluding tert-OH is 3. The molecule has 1 aromatic heterocycles. The fourth-order valence-corrected chi connectivity index (χ4v) is 2.72.